The summed E-state index contributed by atoms with van der Waals surface area (Å²) in [5.41, 5.74) is 1.41. The van der Waals surface area contributed by atoms with E-state index in [2.05, 4.69) is 37.7 Å². The zero-order valence-electron chi connectivity index (χ0n) is 12.1. The van der Waals surface area contributed by atoms with E-state index < -0.39 is 0 Å². The molecule has 7 nitrogen and oxygen atoms in total. The molecule has 2 aromatic heterocycles. The fourth-order valence-corrected chi connectivity index (χ4v) is 1.85. The number of carbonyl (C=O) groups excluding carboxylic acids is 1. The number of rotatable bonds is 6. The lowest BCUT2D eigenvalue weighted by molar-refractivity contribution is 0.102. The van der Waals surface area contributed by atoms with Gasteiger partial charge in [-0.1, -0.05) is 13.3 Å². The summed E-state index contributed by atoms with van der Waals surface area (Å²) in [6.07, 6.45) is 4.71. The van der Waals surface area contributed by atoms with Crippen LogP contribution in [0, 0.1) is 0 Å². The van der Waals surface area contributed by atoms with Crippen molar-refractivity contribution in [3.63, 3.8) is 0 Å². The molecular weight excluding hydrogens is 268 g/mol. The average molecular weight is 286 g/mol. The molecule has 0 saturated carbocycles. The number of hydrogen-bond acceptors (Lipinski definition) is 6. The van der Waals surface area contributed by atoms with Crippen molar-refractivity contribution in [2.45, 2.75) is 26.7 Å². The zero-order valence-corrected chi connectivity index (χ0v) is 12.1. The van der Waals surface area contributed by atoms with E-state index >= 15 is 0 Å². The molecule has 2 heterocycles. The van der Waals surface area contributed by atoms with Crippen LogP contribution in [0.5, 0.6) is 0 Å². The van der Waals surface area contributed by atoms with Crippen LogP contribution in [0.1, 0.15) is 36.3 Å². The maximum Gasteiger partial charge on any atom is 0.258 e. The highest BCUT2D eigenvalue weighted by Crippen LogP contribution is 2.13. The molecule has 0 aromatic carbocycles. The monoisotopic (exact) mass is 286 g/mol. The van der Waals surface area contributed by atoms with Crippen molar-refractivity contribution in [3.8, 4) is 0 Å². The first-order valence-electron chi connectivity index (χ1n) is 6.92. The van der Waals surface area contributed by atoms with Crippen LogP contribution in [-0.2, 0) is 6.42 Å². The minimum absolute atomic E-state index is 0.182. The second-order valence-electron chi connectivity index (χ2n) is 4.43. The fourth-order valence-electron chi connectivity index (χ4n) is 1.85. The SMILES string of the molecule is CCCc1cc(C(=O)Nc2nccnn2)cc(NCC)n1. The molecule has 0 fully saturated rings. The summed E-state index contributed by atoms with van der Waals surface area (Å²) in [6, 6.07) is 3.50. The molecule has 0 atom stereocenters. The van der Waals surface area contributed by atoms with Crippen LogP contribution in [0.25, 0.3) is 0 Å². The van der Waals surface area contributed by atoms with Gasteiger partial charge < -0.3 is 5.32 Å². The van der Waals surface area contributed by atoms with Gasteiger partial charge in [0.15, 0.2) is 0 Å². The van der Waals surface area contributed by atoms with Crippen LogP contribution >= 0.6 is 0 Å². The maximum absolute atomic E-state index is 12.3. The third-order valence-electron chi connectivity index (χ3n) is 2.71. The van der Waals surface area contributed by atoms with Gasteiger partial charge in [0.1, 0.15) is 5.82 Å². The highest BCUT2D eigenvalue weighted by molar-refractivity contribution is 6.03. The van der Waals surface area contributed by atoms with Gasteiger partial charge >= 0.3 is 0 Å². The summed E-state index contributed by atoms with van der Waals surface area (Å²) in [5.74, 6) is 0.601. The molecule has 2 aromatic rings. The molecule has 0 bridgehead atoms. The molecule has 21 heavy (non-hydrogen) atoms. The number of anilines is 2. The molecule has 7 heteroatoms. The van der Waals surface area contributed by atoms with Gasteiger partial charge in [0.2, 0.25) is 5.95 Å². The Morgan fingerprint density at radius 3 is 2.76 bits per heavy atom. The van der Waals surface area contributed by atoms with E-state index in [4.69, 9.17) is 0 Å². The van der Waals surface area contributed by atoms with Gasteiger partial charge in [-0.05, 0) is 25.5 Å². The number of hydrogen-bond donors (Lipinski definition) is 2. The summed E-state index contributed by atoms with van der Waals surface area (Å²) in [5, 5.41) is 13.2. The van der Waals surface area contributed by atoms with Crippen LogP contribution in [0.15, 0.2) is 24.5 Å². The van der Waals surface area contributed by atoms with E-state index in [0.29, 0.717) is 11.4 Å². The number of carbonyl (C=O) groups is 1. The van der Waals surface area contributed by atoms with E-state index in [0.717, 1.165) is 25.1 Å². The molecule has 2 N–H and O–H groups in total. The third-order valence-corrected chi connectivity index (χ3v) is 2.71. The number of pyridine rings is 1. The number of aromatic nitrogens is 4. The number of nitrogens with one attached hydrogen (secondary N) is 2. The normalized spacial score (nSPS) is 10.2. The summed E-state index contributed by atoms with van der Waals surface area (Å²) >= 11 is 0. The summed E-state index contributed by atoms with van der Waals surface area (Å²) in [7, 11) is 0. The predicted octanol–water partition coefficient (Wildman–Crippen LogP) is 1.90. The largest absolute Gasteiger partial charge is 0.370 e. The Bertz CT molecular complexity index is 577. The Kier molecular flexibility index (Phi) is 5.14. The van der Waals surface area contributed by atoms with Crippen molar-refractivity contribution in [3.05, 3.63) is 35.8 Å². The molecule has 0 aliphatic rings. The van der Waals surface area contributed by atoms with Gasteiger partial charge in [-0.25, -0.2) is 9.97 Å². The molecule has 0 unspecified atom stereocenters. The predicted molar refractivity (Wildman–Crippen MR) is 80.2 cm³/mol. The topological polar surface area (TPSA) is 92.7 Å². The molecule has 0 radical (unpaired) electrons. The minimum atomic E-state index is -0.276. The van der Waals surface area contributed by atoms with Crippen molar-refractivity contribution < 1.29 is 4.79 Å². The van der Waals surface area contributed by atoms with Crippen LogP contribution in [0.4, 0.5) is 11.8 Å². The molecule has 0 saturated heterocycles. The lowest BCUT2D eigenvalue weighted by Gasteiger charge is -2.09. The van der Waals surface area contributed by atoms with Gasteiger partial charge in [0.25, 0.3) is 5.91 Å². The van der Waals surface area contributed by atoms with Gasteiger partial charge in [-0.2, -0.15) is 5.10 Å². The first-order valence-corrected chi connectivity index (χ1v) is 6.92. The smallest absolute Gasteiger partial charge is 0.258 e. The highest BCUT2D eigenvalue weighted by atomic mass is 16.1. The lowest BCUT2D eigenvalue weighted by Crippen LogP contribution is -2.16. The van der Waals surface area contributed by atoms with E-state index in [9.17, 15) is 4.79 Å². The van der Waals surface area contributed by atoms with E-state index in [1.807, 2.05) is 6.92 Å². The van der Waals surface area contributed by atoms with Crippen molar-refractivity contribution in [1.82, 2.24) is 20.2 Å². The molecule has 0 spiro atoms. The molecule has 1 amide bonds. The second-order valence-corrected chi connectivity index (χ2v) is 4.43. The Morgan fingerprint density at radius 2 is 2.10 bits per heavy atom. The Labute approximate surface area is 123 Å². The molecule has 110 valence electrons. The molecule has 2 rings (SSSR count). The summed E-state index contributed by atoms with van der Waals surface area (Å²) < 4.78 is 0. The summed E-state index contributed by atoms with van der Waals surface area (Å²) in [4.78, 5) is 20.6. The van der Waals surface area contributed by atoms with Crippen molar-refractivity contribution in [1.29, 1.82) is 0 Å². The van der Waals surface area contributed by atoms with Crippen molar-refractivity contribution >= 4 is 17.7 Å². The average Bonchev–Trinajstić information content (AvgIpc) is 2.49. The lowest BCUT2D eigenvalue weighted by atomic mass is 10.1. The second kappa shape index (κ2) is 7.28. The van der Waals surface area contributed by atoms with Crippen LogP contribution < -0.4 is 10.6 Å². The first-order chi connectivity index (χ1) is 10.2. The van der Waals surface area contributed by atoms with Crippen LogP contribution in [0.3, 0.4) is 0 Å². The minimum Gasteiger partial charge on any atom is -0.370 e. The van der Waals surface area contributed by atoms with Crippen LogP contribution in [0.2, 0.25) is 0 Å². The van der Waals surface area contributed by atoms with Gasteiger partial charge in [0, 0.05) is 17.8 Å². The quantitative estimate of drug-likeness (QED) is 0.842. The first kappa shape index (κ1) is 14.8. The third kappa shape index (κ3) is 4.20. The van der Waals surface area contributed by atoms with Crippen molar-refractivity contribution in [2.24, 2.45) is 0 Å². The standard InChI is InChI=1S/C14H18N6O/c1-3-5-11-8-10(9-12(18-11)15-4-2)13(21)19-14-16-6-7-17-20-14/h6-9H,3-5H2,1-2H3,(H,15,18)(H,16,19,20,21). The van der Waals surface area contributed by atoms with Gasteiger partial charge in [-0.15, -0.1) is 5.10 Å². The Balaban J connectivity index is 2.22. The number of nitrogens with zero attached hydrogens (tertiary/aromatic N) is 4. The number of aryl methyl sites for hydroxylation is 1. The van der Waals surface area contributed by atoms with E-state index in [1.54, 1.807) is 12.1 Å². The molecular formula is C14H18N6O. The van der Waals surface area contributed by atoms with Crippen molar-refractivity contribution in [2.75, 3.05) is 17.2 Å². The van der Waals surface area contributed by atoms with E-state index in [-0.39, 0.29) is 11.9 Å². The van der Waals surface area contributed by atoms with Gasteiger partial charge in [-0.3, -0.25) is 10.1 Å². The maximum atomic E-state index is 12.3. The fraction of sp³-hybridized carbons (Fsp3) is 0.357. The summed E-state index contributed by atoms with van der Waals surface area (Å²) in [6.45, 7) is 4.80. The Morgan fingerprint density at radius 1 is 1.24 bits per heavy atom. The van der Waals surface area contributed by atoms with E-state index in [1.165, 1.54) is 12.4 Å². The zero-order chi connectivity index (χ0) is 15.1. The Hall–Kier alpha value is -2.57. The van der Waals surface area contributed by atoms with Crippen LogP contribution in [-0.4, -0.2) is 32.6 Å². The number of amides is 1. The van der Waals surface area contributed by atoms with Gasteiger partial charge in [0.05, 0.1) is 12.4 Å². The highest BCUT2D eigenvalue weighted by Gasteiger charge is 2.11. The molecule has 0 aliphatic carbocycles. The molecule has 0 aliphatic heterocycles.